The van der Waals surface area contributed by atoms with E-state index in [0.29, 0.717) is 22.7 Å². The minimum absolute atomic E-state index is 0.0495. The van der Waals surface area contributed by atoms with E-state index in [4.69, 9.17) is 9.47 Å². The summed E-state index contributed by atoms with van der Waals surface area (Å²) in [7, 11) is 0. The highest BCUT2D eigenvalue weighted by molar-refractivity contribution is 7.15. The third kappa shape index (κ3) is 4.02. The molecule has 0 fully saturated rings. The first-order valence-electron chi connectivity index (χ1n) is 10.0. The summed E-state index contributed by atoms with van der Waals surface area (Å²) in [6.45, 7) is 2.93. The Morgan fingerprint density at radius 2 is 1.71 bits per heavy atom. The van der Waals surface area contributed by atoms with Crippen LogP contribution in [0.3, 0.4) is 0 Å². The van der Waals surface area contributed by atoms with Gasteiger partial charge in [-0.25, -0.2) is 9.38 Å². The smallest absolute Gasteiger partial charge is 0.274 e. The van der Waals surface area contributed by atoms with Gasteiger partial charge in [0.05, 0.1) is 15.6 Å². The second-order valence-electron chi connectivity index (χ2n) is 7.22. The number of ether oxygens (including phenoxy) is 2. The molecule has 5 rings (SSSR count). The SMILES string of the molecule is Cc1ccc(OCCOc2cccc(/C=c3\sc4nc5ccccc5n4c3=O)c2)cc1. The summed E-state index contributed by atoms with van der Waals surface area (Å²) in [5, 5.41) is 0. The van der Waals surface area contributed by atoms with E-state index in [2.05, 4.69) is 4.98 Å². The number of hydrogen-bond acceptors (Lipinski definition) is 5. The predicted molar refractivity (Wildman–Crippen MR) is 124 cm³/mol. The molecule has 0 spiro atoms. The van der Waals surface area contributed by atoms with Crippen molar-refractivity contribution in [1.29, 1.82) is 0 Å². The standard InChI is InChI=1S/C25H20N2O3S/c1-17-9-11-19(12-10-17)29-13-14-30-20-6-4-5-18(15-20)16-23-24(28)27-22-8-3-2-7-21(22)26-25(27)31-23/h2-12,15-16H,13-14H2,1H3/b23-16-. The highest BCUT2D eigenvalue weighted by Gasteiger charge is 2.10. The van der Waals surface area contributed by atoms with Gasteiger partial charge in [0.2, 0.25) is 0 Å². The molecule has 0 radical (unpaired) electrons. The highest BCUT2D eigenvalue weighted by atomic mass is 32.1. The molecule has 2 heterocycles. The van der Waals surface area contributed by atoms with Crippen molar-refractivity contribution in [3.05, 3.63) is 98.8 Å². The van der Waals surface area contributed by atoms with Crippen molar-refractivity contribution in [3.8, 4) is 11.5 Å². The molecule has 5 aromatic rings. The zero-order chi connectivity index (χ0) is 21.2. The lowest BCUT2D eigenvalue weighted by molar-refractivity contribution is 0.217. The van der Waals surface area contributed by atoms with Crippen molar-refractivity contribution >= 4 is 33.4 Å². The number of aryl methyl sites for hydroxylation is 1. The first kappa shape index (κ1) is 19.3. The first-order valence-corrected chi connectivity index (χ1v) is 10.8. The second-order valence-corrected chi connectivity index (χ2v) is 8.23. The van der Waals surface area contributed by atoms with E-state index in [1.165, 1.54) is 16.9 Å². The Bertz CT molecular complexity index is 1470. The van der Waals surface area contributed by atoms with E-state index in [-0.39, 0.29) is 5.56 Å². The summed E-state index contributed by atoms with van der Waals surface area (Å²) in [5.74, 6) is 1.56. The molecular weight excluding hydrogens is 408 g/mol. The Hall–Kier alpha value is -3.64. The molecule has 31 heavy (non-hydrogen) atoms. The zero-order valence-corrected chi connectivity index (χ0v) is 17.8. The topological polar surface area (TPSA) is 52.8 Å². The van der Waals surface area contributed by atoms with Crippen molar-refractivity contribution in [2.75, 3.05) is 13.2 Å². The quantitative estimate of drug-likeness (QED) is 0.380. The average molecular weight is 429 g/mol. The third-order valence-corrected chi connectivity index (χ3v) is 5.91. The van der Waals surface area contributed by atoms with Crippen LogP contribution in [-0.2, 0) is 0 Å². The van der Waals surface area contributed by atoms with Crippen molar-refractivity contribution in [2.45, 2.75) is 6.92 Å². The summed E-state index contributed by atoms with van der Waals surface area (Å²) in [4.78, 5) is 18.2. The Labute approximate surface area is 182 Å². The number of nitrogens with zero attached hydrogens (tertiary/aromatic N) is 2. The maximum atomic E-state index is 12.9. The lowest BCUT2D eigenvalue weighted by Crippen LogP contribution is -2.22. The monoisotopic (exact) mass is 428 g/mol. The molecule has 154 valence electrons. The van der Waals surface area contributed by atoms with Gasteiger partial charge in [-0.2, -0.15) is 0 Å². The minimum atomic E-state index is -0.0495. The van der Waals surface area contributed by atoms with E-state index in [1.54, 1.807) is 4.40 Å². The fourth-order valence-electron chi connectivity index (χ4n) is 3.41. The summed E-state index contributed by atoms with van der Waals surface area (Å²) >= 11 is 1.39. The molecule has 3 aromatic carbocycles. The van der Waals surface area contributed by atoms with Gasteiger partial charge in [-0.1, -0.05) is 53.3 Å². The van der Waals surface area contributed by atoms with Gasteiger partial charge >= 0.3 is 0 Å². The van der Waals surface area contributed by atoms with Crippen LogP contribution in [0.5, 0.6) is 11.5 Å². The molecule has 0 saturated heterocycles. The maximum absolute atomic E-state index is 12.9. The van der Waals surface area contributed by atoms with Crippen molar-refractivity contribution in [1.82, 2.24) is 9.38 Å². The van der Waals surface area contributed by atoms with E-state index in [1.807, 2.05) is 85.8 Å². The molecule has 0 aliphatic carbocycles. The Kier molecular flexibility index (Phi) is 5.14. The Balaban J connectivity index is 1.32. The molecular formula is C25H20N2O3S. The van der Waals surface area contributed by atoms with E-state index >= 15 is 0 Å². The summed E-state index contributed by atoms with van der Waals surface area (Å²) in [6.07, 6.45) is 1.88. The molecule has 0 N–H and O–H groups in total. The number of imidazole rings is 1. The molecule has 2 aromatic heterocycles. The molecule has 0 aliphatic rings. The lowest BCUT2D eigenvalue weighted by Gasteiger charge is -2.09. The number of thiazole rings is 1. The number of rotatable bonds is 6. The lowest BCUT2D eigenvalue weighted by atomic mass is 10.2. The molecule has 5 nitrogen and oxygen atoms in total. The van der Waals surface area contributed by atoms with Crippen LogP contribution in [0.1, 0.15) is 11.1 Å². The molecule has 0 amide bonds. The number of hydrogen-bond donors (Lipinski definition) is 0. The van der Waals surface area contributed by atoms with Crippen LogP contribution >= 0.6 is 11.3 Å². The van der Waals surface area contributed by atoms with Crippen molar-refractivity contribution in [3.63, 3.8) is 0 Å². The van der Waals surface area contributed by atoms with Crippen LogP contribution in [-0.4, -0.2) is 22.6 Å². The predicted octanol–water partition coefficient (Wildman–Crippen LogP) is 4.22. The van der Waals surface area contributed by atoms with Crippen LogP contribution in [0.15, 0.2) is 77.6 Å². The van der Waals surface area contributed by atoms with E-state index < -0.39 is 0 Å². The van der Waals surface area contributed by atoms with Gasteiger partial charge in [-0.3, -0.25) is 4.79 Å². The van der Waals surface area contributed by atoms with Crippen LogP contribution in [0.25, 0.3) is 22.1 Å². The Morgan fingerprint density at radius 3 is 2.55 bits per heavy atom. The molecule has 0 atom stereocenters. The Morgan fingerprint density at radius 1 is 0.935 bits per heavy atom. The fraction of sp³-hybridized carbons (Fsp3) is 0.120. The first-order chi connectivity index (χ1) is 15.2. The van der Waals surface area contributed by atoms with Crippen LogP contribution in [0.4, 0.5) is 0 Å². The van der Waals surface area contributed by atoms with Gasteiger partial charge in [0.25, 0.3) is 5.56 Å². The van der Waals surface area contributed by atoms with Crippen molar-refractivity contribution in [2.24, 2.45) is 0 Å². The molecule has 0 saturated carbocycles. The molecule has 0 aliphatic heterocycles. The van der Waals surface area contributed by atoms with Gasteiger partial charge in [-0.05, 0) is 55.0 Å². The zero-order valence-electron chi connectivity index (χ0n) is 16.9. The van der Waals surface area contributed by atoms with Crippen LogP contribution in [0.2, 0.25) is 0 Å². The maximum Gasteiger partial charge on any atom is 0.274 e. The fourth-order valence-corrected chi connectivity index (χ4v) is 4.40. The third-order valence-electron chi connectivity index (χ3n) is 4.94. The largest absolute Gasteiger partial charge is 0.490 e. The highest BCUT2D eigenvalue weighted by Crippen LogP contribution is 2.17. The van der Waals surface area contributed by atoms with Gasteiger partial charge in [0.1, 0.15) is 24.7 Å². The summed E-state index contributed by atoms with van der Waals surface area (Å²) < 4.78 is 13.8. The second kappa shape index (κ2) is 8.24. The van der Waals surface area contributed by atoms with E-state index in [0.717, 1.165) is 28.1 Å². The number of para-hydroxylation sites is 2. The molecule has 0 bridgehead atoms. The summed E-state index contributed by atoms with van der Waals surface area (Å²) in [5.41, 5.74) is 3.73. The number of fused-ring (bicyclic) bond motifs is 3. The van der Waals surface area contributed by atoms with Gasteiger partial charge < -0.3 is 9.47 Å². The molecule has 0 unspecified atom stereocenters. The van der Waals surface area contributed by atoms with Gasteiger partial charge in [0.15, 0.2) is 4.96 Å². The normalized spacial score (nSPS) is 12.0. The number of benzene rings is 3. The van der Waals surface area contributed by atoms with Gasteiger partial charge in [-0.15, -0.1) is 0 Å². The van der Waals surface area contributed by atoms with Crippen LogP contribution in [0, 0.1) is 6.92 Å². The van der Waals surface area contributed by atoms with E-state index in [9.17, 15) is 4.79 Å². The minimum Gasteiger partial charge on any atom is -0.490 e. The number of aromatic nitrogens is 2. The van der Waals surface area contributed by atoms with Gasteiger partial charge in [0, 0.05) is 0 Å². The van der Waals surface area contributed by atoms with Crippen LogP contribution < -0.4 is 19.6 Å². The van der Waals surface area contributed by atoms with Crippen molar-refractivity contribution < 1.29 is 9.47 Å². The summed E-state index contributed by atoms with van der Waals surface area (Å²) in [6, 6.07) is 23.3. The average Bonchev–Trinajstić information content (AvgIpc) is 3.29. The molecule has 6 heteroatoms.